The molecule has 0 unspecified atom stereocenters. The van der Waals surface area contributed by atoms with E-state index >= 15 is 0 Å². The molecule has 5 rings (SSSR count). The third-order valence-corrected chi connectivity index (χ3v) is 5.93. The highest BCUT2D eigenvalue weighted by Gasteiger charge is 2.16. The molecule has 0 aliphatic heterocycles. The molecular weight excluding hydrogens is 450 g/mol. The Morgan fingerprint density at radius 1 is 0.941 bits per heavy atom. The minimum atomic E-state index is -0.987. The van der Waals surface area contributed by atoms with E-state index in [9.17, 15) is 9.59 Å². The Kier molecular flexibility index (Phi) is 5.74. The van der Waals surface area contributed by atoms with Crippen molar-refractivity contribution in [3.63, 3.8) is 0 Å². The number of nitrogens with zero attached hydrogens (tertiary/aromatic N) is 2. The number of para-hydroxylation sites is 1. The molecule has 7 heteroatoms. The molecule has 0 fully saturated rings. The van der Waals surface area contributed by atoms with E-state index in [1.165, 1.54) is 12.1 Å². The molecule has 0 aliphatic rings. The van der Waals surface area contributed by atoms with Gasteiger partial charge in [0.15, 0.2) is 0 Å². The molecule has 0 spiro atoms. The molecule has 34 heavy (non-hydrogen) atoms. The number of hydrogen-bond donors (Lipinski definition) is 2. The highest BCUT2D eigenvalue weighted by Crippen LogP contribution is 2.26. The van der Waals surface area contributed by atoms with Crippen LogP contribution in [0.4, 0.5) is 0 Å². The van der Waals surface area contributed by atoms with Gasteiger partial charge in [-0.1, -0.05) is 48.0 Å². The fraction of sp³-hybridized carbons (Fsp3) is 0.0741. The van der Waals surface area contributed by atoms with Crippen molar-refractivity contribution in [1.82, 2.24) is 14.9 Å². The van der Waals surface area contributed by atoms with Gasteiger partial charge in [-0.15, -0.1) is 0 Å². The molecule has 0 saturated heterocycles. The van der Waals surface area contributed by atoms with Crippen LogP contribution in [0.1, 0.15) is 32.0 Å². The minimum Gasteiger partial charge on any atom is -0.478 e. The number of rotatable bonds is 6. The molecule has 0 saturated carbocycles. The van der Waals surface area contributed by atoms with Crippen molar-refractivity contribution < 1.29 is 14.7 Å². The lowest BCUT2D eigenvalue weighted by atomic mass is 10.1. The zero-order valence-electron chi connectivity index (χ0n) is 18.0. The molecule has 0 atom stereocenters. The fourth-order valence-corrected chi connectivity index (χ4v) is 4.26. The van der Waals surface area contributed by atoms with Gasteiger partial charge in [-0.2, -0.15) is 0 Å². The largest absolute Gasteiger partial charge is 0.478 e. The number of halogens is 1. The lowest BCUT2D eigenvalue weighted by Crippen LogP contribution is -2.23. The van der Waals surface area contributed by atoms with E-state index in [0.717, 1.165) is 33.1 Å². The molecule has 1 amide bonds. The van der Waals surface area contributed by atoms with Crippen molar-refractivity contribution in [3.8, 4) is 0 Å². The van der Waals surface area contributed by atoms with E-state index in [0.29, 0.717) is 17.1 Å². The predicted octanol–water partition coefficient (Wildman–Crippen LogP) is 5.52. The van der Waals surface area contributed by atoms with Crippen molar-refractivity contribution >= 4 is 45.3 Å². The second-order valence-corrected chi connectivity index (χ2v) is 8.45. The van der Waals surface area contributed by atoms with Crippen LogP contribution < -0.4 is 5.32 Å². The SMILES string of the molecule is O=C(O)c1ccc(CNC(=O)c2cc(Cl)cc3ccn(Cc4ccc5ccccc5n4)c23)cc1. The average Bonchev–Trinajstić information content (AvgIpc) is 3.24. The van der Waals surface area contributed by atoms with Gasteiger partial charge in [0, 0.05) is 28.5 Å². The Hall–Kier alpha value is -4.16. The van der Waals surface area contributed by atoms with Gasteiger partial charge in [-0.3, -0.25) is 9.78 Å². The highest BCUT2D eigenvalue weighted by atomic mass is 35.5. The van der Waals surface area contributed by atoms with Gasteiger partial charge < -0.3 is 15.0 Å². The number of carboxylic acid groups (broad SMARTS) is 1. The smallest absolute Gasteiger partial charge is 0.335 e. The topological polar surface area (TPSA) is 84.2 Å². The van der Waals surface area contributed by atoms with Crippen LogP contribution in [0.2, 0.25) is 5.02 Å². The molecule has 2 N–H and O–H groups in total. The Morgan fingerprint density at radius 3 is 2.53 bits per heavy atom. The van der Waals surface area contributed by atoms with Gasteiger partial charge in [0.05, 0.1) is 34.4 Å². The number of fused-ring (bicyclic) bond motifs is 2. The first-order valence-corrected chi connectivity index (χ1v) is 11.1. The Morgan fingerprint density at radius 2 is 1.74 bits per heavy atom. The number of benzene rings is 3. The zero-order chi connectivity index (χ0) is 23.7. The van der Waals surface area contributed by atoms with Crippen molar-refractivity contribution in [1.29, 1.82) is 0 Å². The van der Waals surface area contributed by atoms with Gasteiger partial charge in [0.2, 0.25) is 0 Å². The summed E-state index contributed by atoms with van der Waals surface area (Å²) in [5, 5.41) is 14.4. The van der Waals surface area contributed by atoms with Crippen LogP contribution in [-0.2, 0) is 13.1 Å². The standard InChI is InChI=1S/C27H20ClN3O3/c28-21-13-20-11-12-31(16-22-10-9-18-3-1-2-4-24(18)30-22)25(20)23(14-21)26(32)29-15-17-5-7-19(8-6-17)27(33)34/h1-14H,15-16H2,(H,29,32)(H,33,34). The van der Waals surface area contributed by atoms with Crippen LogP contribution in [0.3, 0.4) is 0 Å². The van der Waals surface area contributed by atoms with E-state index in [4.69, 9.17) is 21.7 Å². The molecular formula is C27H20ClN3O3. The molecule has 0 aliphatic carbocycles. The maximum atomic E-state index is 13.1. The van der Waals surface area contributed by atoms with E-state index in [-0.39, 0.29) is 18.0 Å². The number of aromatic nitrogens is 2. The van der Waals surface area contributed by atoms with Crippen molar-refractivity contribution in [3.05, 3.63) is 112 Å². The van der Waals surface area contributed by atoms with Crippen LogP contribution in [0, 0.1) is 0 Å². The highest BCUT2D eigenvalue weighted by molar-refractivity contribution is 6.32. The van der Waals surface area contributed by atoms with Gasteiger partial charge in [0.1, 0.15) is 0 Å². The second-order valence-electron chi connectivity index (χ2n) is 8.01. The summed E-state index contributed by atoms with van der Waals surface area (Å²) in [6.45, 7) is 0.770. The molecule has 6 nitrogen and oxygen atoms in total. The Balaban J connectivity index is 1.42. The second kappa shape index (κ2) is 9.00. The maximum Gasteiger partial charge on any atom is 0.335 e. The number of carbonyl (C=O) groups excluding carboxylic acids is 1. The fourth-order valence-electron chi connectivity index (χ4n) is 4.03. The van der Waals surface area contributed by atoms with Crippen molar-refractivity contribution in [2.24, 2.45) is 0 Å². The van der Waals surface area contributed by atoms with Crippen molar-refractivity contribution in [2.75, 3.05) is 0 Å². The molecule has 0 bridgehead atoms. The number of amides is 1. The van der Waals surface area contributed by atoms with Crippen LogP contribution in [0.15, 0.2) is 85.1 Å². The molecule has 0 radical (unpaired) electrons. The summed E-state index contributed by atoms with van der Waals surface area (Å²) in [5.41, 5.74) is 4.05. The molecule has 3 aromatic carbocycles. The first-order chi connectivity index (χ1) is 16.5. The van der Waals surface area contributed by atoms with E-state index < -0.39 is 5.97 Å². The zero-order valence-corrected chi connectivity index (χ0v) is 18.8. The quantitative estimate of drug-likeness (QED) is 0.343. The first-order valence-electron chi connectivity index (χ1n) is 10.7. The van der Waals surface area contributed by atoms with Gasteiger partial charge >= 0.3 is 5.97 Å². The summed E-state index contributed by atoms with van der Waals surface area (Å²) < 4.78 is 2.00. The maximum absolute atomic E-state index is 13.1. The van der Waals surface area contributed by atoms with Crippen LogP contribution in [-0.4, -0.2) is 26.5 Å². The normalized spacial score (nSPS) is 11.1. The lowest BCUT2D eigenvalue weighted by Gasteiger charge is -2.12. The summed E-state index contributed by atoms with van der Waals surface area (Å²) in [6.07, 6.45) is 1.93. The van der Waals surface area contributed by atoms with Crippen LogP contribution in [0.5, 0.6) is 0 Å². The van der Waals surface area contributed by atoms with E-state index in [1.807, 2.05) is 59.3 Å². The van der Waals surface area contributed by atoms with Crippen LogP contribution in [0.25, 0.3) is 21.8 Å². The lowest BCUT2D eigenvalue weighted by molar-refractivity contribution is 0.0696. The molecule has 5 aromatic rings. The van der Waals surface area contributed by atoms with E-state index in [1.54, 1.807) is 18.2 Å². The monoisotopic (exact) mass is 469 g/mol. The summed E-state index contributed by atoms with van der Waals surface area (Å²) >= 11 is 6.31. The molecule has 168 valence electrons. The number of nitrogens with one attached hydrogen (secondary N) is 1. The van der Waals surface area contributed by atoms with Crippen LogP contribution >= 0.6 is 11.6 Å². The van der Waals surface area contributed by atoms with Gasteiger partial charge in [-0.25, -0.2) is 4.79 Å². The predicted molar refractivity (Wildman–Crippen MR) is 132 cm³/mol. The Bertz CT molecular complexity index is 1540. The molecule has 2 aromatic heterocycles. The van der Waals surface area contributed by atoms with E-state index in [2.05, 4.69) is 5.32 Å². The number of carboxylic acids is 1. The number of pyridine rings is 1. The Labute approximate surface area is 200 Å². The summed E-state index contributed by atoms with van der Waals surface area (Å²) in [6, 6.07) is 23.8. The van der Waals surface area contributed by atoms with Crippen molar-refractivity contribution in [2.45, 2.75) is 13.1 Å². The number of carbonyl (C=O) groups is 2. The molecule has 2 heterocycles. The number of hydrogen-bond acceptors (Lipinski definition) is 3. The summed E-state index contributed by atoms with van der Waals surface area (Å²) in [5.74, 6) is -1.25. The van der Waals surface area contributed by atoms with Gasteiger partial charge in [0.25, 0.3) is 5.91 Å². The average molecular weight is 470 g/mol. The first kappa shape index (κ1) is 21.7. The number of aromatic carboxylic acids is 1. The minimum absolute atomic E-state index is 0.201. The summed E-state index contributed by atoms with van der Waals surface area (Å²) in [4.78, 5) is 28.9. The third kappa shape index (κ3) is 4.36. The summed E-state index contributed by atoms with van der Waals surface area (Å²) in [7, 11) is 0. The van der Waals surface area contributed by atoms with Gasteiger partial charge in [-0.05, 0) is 48.0 Å². The third-order valence-electron chi connectivity index (χ3n) is 5.71.